The van der Waals surface area contributed by atoms with E-state index in [0.29, 0.717) is 36.3 Å². The Morgan fingerprint density at radius 2 is 1.71 bits per heavy atom. The van der Waals surface area contributed by atoms with E-state index in [1.165, 1.54) is 0 Å². The van der Waals surface area contributed by atoms with Crippen LogP contribution >= 0.6 is 0 Å². The Kier molecular flexibility index (Phi) is 7.36. The van der Waals surface area contributed by atoms with Gasteiger partial charge >= 0.3 is 0 Å². The maximum atomic E-state index is 13.1. The maximum absolute atomic E-state index is 13.1. The average Bonchev–Trinajstić information content (AvgIpc) is 2.97. The largest absolute Gasteiger partial charge is 0.341 e. The molecule has 2 saturated heterocycles. The van der Waals surface area contributed by atoms with Gasteiger partial charge in [0.1, 0.15) is 5.82 Å². The predicted molar refractivity (Wildman–Crippen MR) is 134 cm³/mol. The molecule has 1 amide bonds. The van der Waals surface area contributed by atoms with Crippen LogP contribution in [0.5, 0.6) is 0 Å². The highest BCUT2D eigenvalue weighted by molar-refractivity contribution is 7.89. The second-order valence-electron chi connectivity index (χ2n) is 10.6. The van der Waals surface area contributed by atoms with Gasteiger partial charge in [-0.25, -0.2) is 13.4 Å². The number of benzene rings is 1. The number of aryl methyl sites for hydroxylation is 2. The second-order valence-corrected chi connectivity index (χ2v) is 12.5. The summed E-state index contributed by atoms with van der Waals surface area (Å²) < 4.78 is 29.7. The van der Waals surface area contributed by atoms with Gasteiger partial charge in [0.2, 0.25) is 15.9 Å². The van der Waals surface area contributed by atoms with E-state index in [4.69, 9.17) is 4.98 Å². The Hall–Kier alpha value is -1.97. The van der Waals surface area contributed by atoms with Crippen molar-refractivity contribution in [1.82, 2.24) is 23.7 Å². The van der Waals surface area contributed by atoms with Gasteiger partial charge in [0, 0.05) is 64.7 Å². The van der Waals surface area contributed by atoms with Crippen molar-refractivity contribution in [2.24, 2.45) is 7.05 Å². The van der Waals surface area contributed by atoms with E-state index in [2.05, 4.69) is 25.7 Å². The van der Waals surface area contributed by atoms with E-state index in [9.17, 15) is 13.2 Å². The monoisotopic (exact) mass is 489 g/mol. The molecule has 8 nitrogen and oxygen atoms in total. The molecule has 4 rings (SSSR count). The molecule has 0 unspecified atom stereocenters. The molecule has 2 aliphatic heterocycles. The lowest BCUT2D eigenvalue weighted by Gasteiger charge is -2.34. The molecule has 0 aliphatic carbocycles. The van der Waals surface area contributed by atoms with E-state index < -0.39 is 10.0 Å². The smallest absolute Gasteiger partial charge is 0.243 e. The van der Waals surface area contributed by atoms with Crippen LogP contribution < -0.4 is 0 Å². The number of rotatable bonds is 5. The lowest BCUT2D eigenvalue weighted by molar-refractivity contribution is -0.131. The summed E-state index contributed by atoms with van der Waals surface area (Å²) in [6.45, 7) is 11.3. The van der Waals surface area contributed by atoms with Gasteiger partial charge in [0.15, 0.2) is 0 Å². The van der Waals surface area contributed by atoms with Crippen LogP contribution in [0.15, 0.2) is 23.1 Å². The predicted octanol–water partition coefficient (Wildman–Crippen LogP) is 3.01. The number of carbonyl (C=O) groups excluding carboxylic acids is 1. The number of nitrogens with zero attached hydrogens (tertiary/aromatic N) is 5. The van der Waals surface area contributed by atoms with E-state index >= 15 is 0 Å². The standard InChI is InChI=1S/C25H39N5O3S/c1-25(2,3)29-14-8-13-28(17-18-29)24(31)12-11-23-26-21-19-20(9-10-22(21)27(23)4)34(32,33)30-15-6-5-7-16-30/h9-10,19H,5-8,11-18H2,1-4H3. The first kappa shape index (κ1) is 25.1. The van der Waals surface area contributed by atoms with Gasteiger partial charge in [0.25, 0.3) is 0 Å². The Labute approximate surface area is 204 Å². The van der Waals surface area contributed by atoms with Gasteiger partial charge in [-0.05, 0) is 58.2 Å². The molecular formula is C25H39N5O3S. The quantitative estimate of drug-likeness (QED) is 0.645. The summed E-state index contributed by atoms with van der Waals surface area (Å²) in [6, 6.07) is 5.20. The Bertz CT molecular complexity index is 1130. The van der Waals surface area contributed by atoms with Gasteiger partial charge in [-0.15, -0.1) is 0 Å². The summed E-state index contributed by atoms with van der Waals surface area (Å²) in [5.74, 6) is 0.971. The highest BCUT2D eigenvalue weighted by Gasteiger charge is 2.28. The second kappa shape index (κ2) is 9.95. The first-order chi connectivity index (χ1) is 16.1. The zero-order valence-electron chi connectivity index (χ0n) is 21.1. The van der Waals surface area contributed by atoms with E-state index in [1.807, 2.05) is 22.6 Å². The first-order valence-electron chi connectivity index (χ1n) is 12.6. The molecule has 0 atom stereocenters. The number of imidazole rings is 1. The van der Waals surface area contributed by atoms with Crippen molar-refractivity contribution >= 4 is 27.0 Å². The number of sulfonamides is 1. The molecule has 188 valence electrons. The molecule has 2 aromatic rings. The summed E-state index contributed by atoms with van der Waals surface area (Å²) in [4.78, 5) is 22.4. The minimum Gasteiger partial charge on any atom is -0.341 e. The SMILES string of the molecule is Cn1c(CCC(=O)N2CCCN(C(C)(C)C)CC2)nc2cc(S(=O)(=O)N3CCCCC3)ccc21. The fourth-order valence-electron chi connectivity index (χ4n) is 5.08. The summed E-state index contributed by atoms with van der Waals surface area (Å²) >= 11 is 0. The van der Waals surface area contributed by atoms with Crippen molar-refractivity contribution in [2.45, 2.75) is 69.7 Å². The third-order valence-corrected chi connectivity index (χ3v) is 9.15. The summed E-state index contributed by atoms with van der Waals surface area (Å²) in [5, 5.41) is 0. The van der Waals surface area contributed by atoms with Crippen molar-refractivity contribution in [1.29, 1.82) is 0 Å². The minimum absolute atomic E-state index is 0.118. The normalized spacial score (nSPS) is 19.5. The lowest BCUT2D eigenvalue weighted by Crippen LogP contribution is -2.44. The van der Waals surface area contributed by atoms with Gasteiger partial charge in [-0.2, -0.15) is 4.31 Å². The minimum atomic E-state index is -3.50. The average molecular weight is 490 g/mol. The van der Waals surface area contributed by atoms with Crippen LogP contribution in [0, 0.1) is 0 Å². The van der Waals surface area contributed by atoms with Crippen molar-refractivity contribution in [2.75, 3.05) is 39.3 Å². The molecule has 0 radical (unpaired) electrons. The molecule has 2 aliphatic rings. The summed E-state index contributed by atoms with van der Waals surface area (Å²) in [5.41, 5.74) is 1.67. The number of carbonyl (C=O) groups is 1. The topological polar surface area (TPSA) is 78.8 Å². The van der Waals surface area contributed by atoms with Crippen molar-refractivity contribution in [3.63, 3.8) is 0 Å². The Morgan fingerprint density at radius 3 is 2.41 bits per heavy atom. The number of hydrogen-bond acceptors (Lipinski definition) is 5. The molecule has 9 heteroatoms. The zero-order valence-corrected chi connectivity index (χ0v) is 21.9. The lowest BCUT2D eigenvalue weighted by atomic mass is 10.1. The van der Waals surface area contributed by atoms with Crippen LogP contribution in [0.3, 0.4) is 0 Å². The number of aromatic nitrogens is 2. The molecule has 0 N–H and O–H groups in total. The molecule has 3 heterocycles. The summed E-state index contributed by atoms with van der Waals surface area (Å²) in [6.07, 6.45) is 4.84. The fourth-order valence-corrected chi connectivity index (χ4v) is 6.62. The van der Waals surface area contributed by atoms with E-state index in [0.717, 1.165) is 63.2 Å². The van der Waals surface area contributed by atoms with Crippen molar-refractivity contribution < 1.29 is 13.2 Å². The molecule has 1 aromatic heterocycles. The number of fused-ring (bicyclic) bond motifs is 1. The van der Waals surface area contributed by atoms with Gasteiger partial charge in [0.05, 0.1) is 15.9 Å². The van der Waals surface area contributed by atoms with Crippen LogP contribution in [0.2, 0.25) is 0 Å². The summed E-state index contributed by atoms with van der Waals surface area (Å²) in [7, 11) is -1.56. The first-order valence-corrected chi connectivity index (χ1v) is 14.0. The van der Waals surface area contributed by atoms with Gasteiger partial charge in [-0.3, -0.25) is 9.69 Å². The maximum Gasteiger partial charge on any atom is 0.243 e. The molecule has 0 bridgehead atoms. The van der Waals surface area contributed by atoms with Crippen LogP contribution in [0.1, 0.15) is 58.7 Å². The Morgan fingerprint density at radius 1 is 0.971 bits per heavy atom. The molecule has 0 saturated carbocycles. The van der Waals surface area contributed by atoms with Crippen molar-refractivity contribution in [3.8, 4) is 0 Å². The molecule has 1 aromatic carbocycles. The van der Waals surface area contributed by atoms with Gasteiger partial charge < -0.3 is 9.47 Å². The van der Waals surface area contributed by atoms with Crippen LogP contribution in [-0.4, -0.2) is 82.8 Å². The zero-order chi connectivity index (χ0) is 24.5. The fraction of sp³-hybridized carbons (Fsp3) is 0.680. The molecular weight excluding hydrogens is 450 g/mol. The molecule has 34 heavy (non-hydrogen) atoms. The highest BCUT2D eigenvalue weighted by Crippen LogP contribution is 2.25. The molecule has 2 fully saturated rings. The number of amides is 1. The Balaban J connectivity index is 1.43. The molecule has 0 spiro atoms. The number of piperidine rings is 1. The van der Waals surface area contributed by atoms with Crippen LogP contribution in [-0.2, 0) is 28.3 Å². The highest BCUT2D eigenvalue weighted by atomic mass is 32.2. The van der Waals surface area contributed by atoms with Crippen LogP contribution in [0.4, 0.5) is 0 Å². The number of hydrogen-bond donors (Lipinski definition) is 0. The van der Waals surface area contributed by atoms with Crippen molar-refractivity contribution in [3.05, 3.63) is 24.0 Å². The third kappa shape index (κ3) is 5.31. The third-order valence-electron chi connectivity index (χ3n) is 7.26. The van der Waals surface area contributed by atoms with Gasteiger partial charge in [-0.1, -0.05) is 6.42 Å². The van der Waals surface area contributed by atoms with E-state index in [1.54, 1.807) is 16.4 Å². The van der Waals surface area contributed by atoms with E-state index in [-0.39, 0.29) is 11.4 Å². The van der Waals surface area contributed by atoms with Crippen LogP contribution in [0.25, 0.3) is 11.0 Å².